The first-order valence-electron chi connectivity index (χ1n) is 12.4. The van der Waals surface area contributed by atoms with Crippen LogP contribution in [-0.2, 0) is 11.0 Å². The third-order valence-corrected chi connectivity index (χ3v) is 7.22. The maximum atomic E-state index is 13.6. The van der Waals surface area contributed by atoms with Gasteiger partial charge in [0, 0.05) is 40.8 Å². The lowest BCUT2D eigenvalue weighted by Gasteiger charge is -2.14. The SMILES string of the molecule is Cc1ccn(-c2cc(NC(=O)c3cccc(-c4cnc5nc(NC(=O)C6CC6)sc5n4)c3)cc(C(F)(F)F)c2)c1. The number of alkyl halides is 3. The van der Waals surface area contributed by atoms with Crippen LogP contribution in [0.1, 0.15) is 34.3 Å². The molecule has 0 aliphatic heterocycles. The van der Waals surface area contributed by atoms with Crippen molar-refractivity contribution in [3.8, 4) is 16.9 Å². The number of anilines is 2. The lowest BCUT2D eigenvalue weighted by molar-refractivity contribution is -0.137. The van der Waals surface area contributed by atoms with E-state index in [0.29, 0.717) is 26.9 Å². The van der Waals surface area contributed by atoms with Gasteiger partial charge in [0.1, 0.15) is 0 Å². The predicted molar refractivity (Wildman–Crippen MR) is 145 cm³/mol. The molecule has 3 heterocycles. The van der Waals surface area contributed by atoms with Gasteiger partial charge in [-0.25, -0.2) is 9.97 Å². The van der Waals surface area contributed by atoms with Crippen molar-refractivity contribution in [2.24, 2.45) is 5.92 Å². The van der Waals surface area contributed by atoms with Crippen LogP contribution in [0, 0.1) is 12.8 Å². The number of hydrogen-bond acceptors (Lipinski definition) is 6. The van der Waals surface area contributed by atoms with Crippen LogP contribution in [0.3, 0.4) is 0 Å². The molecule has 6 rings (SSSR count). The molecule has 12 heteroatoms. The molecule has 2 aromatic carbocycles. The highest BCUT2D eigenvalue weighted by molar-refractivity contribution is 7.21. The van der Waals surface area contributed by atoms with Gasteiger partial charge in [-0.05, 0) is 61.7 Å². The zero-order chi connectivity index (χ0) is 28.0. The Kier molecular flexibility index (Phi) is 6.34. The standard InChI is InChI=1S/C28H21F3N6O2S/c1-15-7-8-37(14-15)21-11-19(28(29,30)31)10-20(12-21)33-25(39)18-4-2-3-17(9-18)22-13-32-23-26(34-22)40-27(35-23)36-24(38)16-5-6-16/h2-4,7-14,16H,5-6H2,1H3,(H,33,39)(H,32,35,36,38). The van der Waals surface area contributed by atoms with Crippen molar-refractivity contribution in [1.82, 2.24) is 19.5 Å². The van der Waals surface area contributed by atoms with Crippen molar-refractivity contribution in [2.45, 2.75) is 25.9 Å². The van der Waals surface area contributed by atoms with E-state index in [4.69, 9.17) is 0 Å². The number of carbonyl (C=O) groups is 2. The van der Waals surface area contributed by atoms with Crippen molar-refractivity contribution in [3.05, 3.63) is 83.8 Å². The summed E-state index contributed by atoms with van der Waals surface area (Å²) >= 11 is 1.21. The topological polar surface area (TPSA) is 102 Å². The van der Waals surface area contributed by atoms with E-state index in [1.807, 2.05) is 6.92 Å². The average molecular weight is 563 g/mol. The summed E-state index contributed by atoms with van der Waals surface area (Å²) in [5, 5.41) is 5.81. The van der Waals surface area contributed by atoms with E-state index in [9.17, 15) is 22.8 Å². The number of rotatable bonds is 6. The summed E-state index contributed by atoms with van der Waals surface area (Å²) in [7, 11) is 0. The molecule has 1 aliphatic carbocycles. The van der Waals surface area contributed by atoms with E-state index in [2.05, 4.69) is 25.6 Å². The van der Waals surface area contributed by atoms with Gasteiger partial charge in [-0.3, -0.25) is 9.59 Å². The first kappa shape index (κ1) is 25.7. The molecule has 8 nitrogen and oxygen atoms in total. The van der Waals surface area contributed by atoms with E-state index < -0.39 is 17.6 Å². The molecule has 2 amide bonds. The molecular weight excluding hydrogens is 541 g/mol. The third-order valence-electron chi connectivity index (χ3n) is 6.36. The zero-order valence-corrected chi connectivity index (χ0v) is 21.8. The van der Waals surface area contributed by atoms with Crippen LogP contribution in [0.2, 0.25) is 0 Å². The molecule has 1 aliphatic rings. The Hall–Kier alpha value is -4.58. The average Bonchev–Trinajstić information content (AvgIpc) is 3.57. The molecule has 1 fully saturated rings. The number of thiazole rings is 1. The van der Waals surface area contributed by atoms with Crippen LogP contribution in [0.15, 0.2) is 67.1 Å². The largest absolute Gasteiger partial charge is 0.416 e. The van der Waals surface area contributed by atoms with Gasteiger partial charge in [0.05, 0.1) is 17.5 Å². The summed E-state index contributed by atoms with van der Waals surface area (Å²) in [5.74, 6) is -0.597. The molecule has 202 valence electrons. The third kappa shape index (κ3) is 5.43. The van der Waals surface area contributed by atoms with Crippen molar-refractivity contribution >= 4 is 44.4 Å². The number of hydrogen-bond donors (Lipinski definition) is 2. The fraction of sp³-hybridized carbons (Fsp3) is 0.179. The number of nitrogens with one attached hydrogen (secondary N) is 2. The maximum Gasteiger partial charge on any atom is 0.416 e. The van der Waals surface area contributed by atoms with Crippen LogP contribution >= 0.6 is 11.3 Å². The van der Waals surface area contributed by atoms with Crippen LogP contribution in [0.25, 0.3) is 27.4 Å². The molecule has 0 radical (unpaired) electrons. The fourth-order valence-electron chi connectivity index (χ4n) is 4.15. The van der Waals surface area contributed by atoms with Gasteiger partial charge in [0.25, 0.3) is 5.91 Å². The number of aromatic nitrogens is 4. The number of amides is 2. The summed E-state index contributed by atoms with van der Waals surface area (Å²) in [5.41, 5.74) is 2.00. The Labute approximate surface area is 229 Å². The van der Waals surface area contributed by atoms with E-state index in [-0.39, 0.29) is 28.8 Å². The zero-order valence-electron chi connectivity index (χ0n) is 21.0. The molecule has 3 aromatic heterocycles. The van der Waals surface area contributed by atoms with Gasteiger partial charge < -0.3 is 15.2 Å². The van der Waals surface area contributed by atoms with Gasteiger partial charge in [-0.1, -0.05) is 23.5 Å². The minimum atomic E-state index is -4.59. The first-order valence-corrected chi connectivity index (χ1v) is 13.2. The molecule has 5 aromatic rings. The molecular formula is C28H21F3N6O2S. The number of nitrogens with zero attached hydrogens (tertiary/aromatic N) is 4. The molecule has 0 saturated heterocycles. The van der Waals surface area contributed by atoms with Crippen LogP contribution in [0.4, 0.5) is 24.0 Å². The van der Waals surface area contributed by atoms with Crippen molar-refractivity contribution < 1.29 is 22.8 Å². The fourth-order valence-corrected chi connectivity index (χ4v) is 4.95. The van der Waals surface area contributed by atoms with Crippen molar-refractivity contribution in [3.63, 3.8) is 0 Å². The Morgan fingerprint density at radius 3 is 2.60 bits per heavy atom. The summed E-state index contributed by atoms with van der Waals surface area (Å²) in [6.45, 7) is 1.84. The number of aryl methyl sites for hydroxylation is 1. The summed E-state index contributed by atoms with van der Waals surface area (Å²) < 4.78 is 42.4. The highest BCUT2D eigenvalue weighted by Crippen LogP contribution is 2.34. The Balaban J connectivity index is 1.25. The minimum Gasteiger partial charge on any atom is -0.324 e. The highest BCUT2D eigenvalue weighted by Gasteiger charge is 2.32. The maximum absolute atomic E-state index is 13.6. The van der Waals surface area contributed by atoms with Crippen molar-refractivity contribution in [2.75, 3.05) is 10.6 Å². The Morgan fingerprint density at radius 1 is 1.05 bits per heavy atom. The van der Waals surface area contributed by atoms with Gasteiger partial charge in [-0.2, -0.15) is 18.2 Å². The van der Waals surface area contributed by atoms with Crippen LogP contribution < -0.4 is 10.6 Å². The monoisotopic (exact) mass is 562 g/mol. The van der Waals surface area contributed by atoms with Gasteiger partial charge >= 0.3 is 6.18 Å². The quantitative estimate of drug-likeness (QED) is 0.247. The van der Waals surface area contributed by atoms with Gasteiger partial charge in [0.2, 0.25) is 5.91 Å². The van der Waals surface area contributed by atoms with E-state index in [0.717, 1.165) is 30.5 Å². The number of halogens is 3. The molecule has 0 spiro atoms. The number of benzene rings is 2. The van der Waals surface area contributed by atoms with Gasteiger partial charge in [0.15, 0.2) is 15.6 Å². The summed E-state index contributed by atoms with van der Waals surface area (Å²) in [6, 6.07) is 11.8. The molecule has 2 N–H and O–H groups in total. The smallest absolute Gasteiger partial charge is 0.324 e. The Bertz CT molecular complexity index is 1770. The lowest BCUT2D eigenvalue weighted by atomic mass is 10.1. The van der Waals surface area contributed by atoms with Crippen molar-refractivity contribution in [1.29, 1.82) is 0 Å². The first-order chi connectivity index (χ1) is 19.1. The normalized spacial score (nSPS) is 13.4. The second-order valence-corrected chi connectivity index (χ2v) is 10.5. The lowest BCUT2D eigenvalue weighted by Crippen LogP contribution is -2.14. The van der Waals surface area contributed by atoms with Crippen LogP contribution in [-0.4, -0.2) is 31.3 Å². The number of fused-ring (bicyclic) bond motifs is 1. The number of carbonyl (C=O) groups excluding carboxylic acids is 2. The summed E-state index contributed by atoms with van der Waals surface area (Å²) in [4.78, 5) is 38.9. The van der Waals surface area contributed by atoms with E-state index in [1.165, 1.54) is 23.6 Å². The Morgan fingerprint density at radius 2 is 1.88 bits per heavy atom. The molecule has 1 saturated carbocycles. The second kappa shape index (κ2) is 9.87. The van der Waals surface area contributed by atoms with Crippen LogP contribution in [0.5, 0.6) is 0 Å². The molecule has 40 heavy (non-hydrogen) atoms. The summed E-state index contributed by atoms with van der Waals surface area (Å²) in [6.07, 6.45) is 2.04. The van der Waals surface area contributed by atoms with E-state index in [1.54, 1.807) is 47.3 Å². The predicted octanol–water partition coefficient (Wildman–Crippen LogP) is 6.47. The highest BCUT2D eigenvalue weighted by atomic mass is 32.1. The molecule has 0 atom stereocenters. The molecule has 0 unspecified atom stereocenters. The minimum absolute atomic E-state index is 0.0122. The van der Waals surface area contributed by atoms with E-state index >= 15 is 0 Å². The second-order valence-electron chi connectivity index (χ2n) is 9.56. The molecule has 0 bridgehead atoms. The van der Waals surface area contributed by atoms with Gasteiger partial charge in [-0.15, -0.1) is 0 Å².